The summed E-state index contributed by atoms with van der Waals surface area (Å²) in [6.07, 6.45) is 6.52. The number of allylic oxidation sites excluding steroid dienone is 2. The van der Waals surface area contributed by atoms with Gasteiger partial charge in [0.15, 0.2) is 0 Å². The van der Waals surface area contributed by atoms with Crippen LogP contribution in [-0.4, -0.2) is 10.6 Å². The van der Waals surface area contributed by atoms with Crippen LogP contribution in [0.5, 0.6) is 0 Å². The summed E-state index contributed by atoms with van der Waals surface area (Å²) in [4.78, 5) is 10.2. The standard InChI is InChI=1S/C13H13N3O2/c17-16(18)11-5-2-4-10(8-11)14-15-13-7-9-3-1-6-12(9)13/h1-5,8-9,12,14H,6-7H2/b15-13-/t9-,12+/m0/s1. The van der Waals surface area contributed by atoms with Gasteiger partial charge in [0.25, 0.3) is 5.69 Å². The van der Waals surface area contributed by atoms with Crippen LogP contribution < -0.4 is 5.43 Å². The highest BCUT2D eigenvalue weighted by atomic mass is 16.6. The number of hydrazone groups is 1. The Hall–Kier alpha value is -2.17. The molecule has 1 aromatic rings. The van der Waals surface area contributed by atoms with Crippen LogP contribution in [0.25, 0.3) is 0 Å². The molecule has 0 radical (unpaired) electrons. The summed E-state index contributed by atoms with van der Waals surface area (Å²) in [6, 6.07) is 6.40. The fourth-order valence-corrected chi connectivity index (χ4v) is 2.49. The summed E-state index contributed by atoms with van der Waals surface area (Å²) in [6.45, 7) is 0. The molecule has 0 aromatic heterocycles. The molecule has 1 N–H and O–H groups in total. The summed E-state index contributed by atoms with van der Waals surface area (Å²) >= 11 is 0. The lowest BCUT2D eigenvalue weighted by Gasteiger charge is -2.31. The molecule has 18 heavy (non-hydrogen) atoms. The second-order valence-corrected chi connectivity index (χ2v) is 4.66. The Kier molecular flexibility index (Phi) is 2.59. The Morgan fingerprint density at radius 1 is 1.44 bits per heavy atom. The first kappa shape index (κ1) is 11.0. The molecule has 3 rings (SSSR count). The molecule has 0 heterocycles. The van der Waals surface area contributed by atoms with Crippen LogP contribution in [0.2, 0.25) is 0 Å². The Morgan fingerprint density at radius 2 is 2.33 bits per heavy atom. The number of nitro benzene ring substituents is 1. The van der Waals surface area contributed by atoms with Crippen LogP contribution in [0.1, 0.15) is 12.8 Å². The second-order valence-electron chi connectivity index (χ2n) is 4.66. The van der Waals surface area contributed by atoms with Crippen LogP contribution in [0.3, 0.4) is 0 Å². The molecule has 2 aliphatic carbocycles. The smallest absolute Gasteiger partial charge is 0.271 e. The van der Waals surface area contributed by atoms with E-state index in [-0.39, 0.29) is 5.69 Å². The van der Waals surface area contributed by atoms with Crippen molar-refractivity contribution in [2.24, 2.45) is 16.9 Å². The van der Waals surface area contributed by atoms with E-state index in [2.05, 4.69) is 22.7 Å². The highest BCUT2D eigenvalue weighted by Gasteiger charge is 2.37. The van der Waals surface area contributed by atoms with E-state index in [0.29, 0.717) is 17.5 Å². The molecule has 0 saturated heterocycles. The van der Waals surface area contributed by atoms with Crippen molar-refractivity contribution in [3.8, 4) is 0 Å². The average molecular weight is 243 g/mol. The highest BCUT2D eigenvalue weighted by molar-refractivity contribution is 5.94. The molecule has 1 aromatic carbocycles. The third kappa shape index (κ3) is 1.88. The van der Waals surface area contributed by atoms with Crippen molar-refractivity contribution >= 4 is 17.1 Å². The number of hydrogen-bond acceptors (Lipinski definition) is 4. The van der Waals surface area contributed by atoms with Gasteiger partial charge in [0.05, 0.1) is 10.6 Å². The van der Waals surface area contributed by atoms with E-state index in [4.69, 9.17) is 0 Å². The largest absolute Gasteiger partial charge is 0.278 e. The second kappa shape index (κ2) is 4.25. The monoisotopic (exact) mass is 243 g/mol. The summed E-state index contributed by atoms with van der Waals surface area (Å²) < 4.78 is 0. The predicted molar refractivity (Wildman–Crippen MR) is 69.5 cm³/mol. The summed E-state index contributed by atoms with van der Waals surface area (Å²) in [7, 11) is 0. The third-order valence-electron chi connectivity index (χ3n) is 3.55. The predicted octanol–water partition coefficient (Wildman–Crippen LogP) is 2.96. The van der Waals surface area contributed by atoms with Gasteiger partial charge in [0, 0.05) is 23.8 Å². The van der Waals surface area contributed by atoms with Crippen LogP contribution in [0, 0.1) is 22.0 Å². The van der Waals surface area contributed by atoms with E-state index in [0.717, 1.165) is 18.6 Å². The first-order valence-electron chi connectivity index (χ1n) is 5.97. The van der Waals surface area contributed by atoms with Crippen molar-refractivity contribution in [1.82, 2.24) is 0 Å². The molecule has 0 unspecified atom stereocenters. The molecule has 5 heteroatoms. The minimum Gasteiger partial charge on any atom is -0.278 e. The lowest BCUT2D eigenvalue weighted by atomic mass is 9.74. The number of benzene rings is 1. The van der Waals surface area contributed by atoms with Crippen molar-refractivity contribution in [2.75, 3.05) is 5.43 Å². The maximum atomic E-state index is 10.6. The SMILES string of the molecule is O=[N+]([O-])c1cccc(N/N=C2/C[C@@H]3C=CC[C@@H]23)c1. The van der Waals surface area contributed by atoms with E-state index in [1.54, 1.807) is 12.1 Å². The Balaban J connectivity index is 1.68. The van der Waals surface area contributed by atoms with Crippen molar-refractivity contribution in [3.05, 3.63) is 46.5 Å². The lowest BCUT2D eigenvalue weighted by molar-refractivity contribution is -0.384. The molecule has 5 nitrogen and oxygen atoms in total. The van der Waals surface area contributed by atoms with E-state index >= 15 is 0 Å². The zero-order valence-corrected chi connectivity index (χ0v) is 9.74. The zero-order chi connectivity index (χ0) is 12.5. The molecule has 0 bridgehead atoms. The molecule has 2 atom stereocenters. The van der Waals surface area contributed by atoms with E-state index < -0.39 is 4.92 Å². The van der Waals surface area contributed by atoms with Crippen LogP contribution >= 0.6 is 0 Å². The highest BCUT2D eigenvalue weighted by Crippen LogP contribution is 2.40. The van der Waals surface area contributed by atoms with Crippen molar-refractivity contribution in [1.29, 1.82) is 0 Å². The van der Waals surface area contributed by atoms with E-state index in [1.165, 1.54) is 12.1 Å². The van der Waals surface area contributed by atoms with Crippen LogP contribution in [0.15, 0.2) is 41.5 Å². The summed E-state index contributed by atoms with van der Waals surface area (Å²) in [5, 5.41) is 15.0. The van der Waals surface area contributed by atoms with Crippen LogP contribution in [0.4, 0.5) is 11.4 Å². The molecule has 0 aliphatic heterocycles. The first-order chi connectivity index (χ1) is 8.74. The van der Waals surface area contributed by atoms with Gasteiger partial charge in [0.2, 0.25) is 0 Å². The van der Waals surface area contributed by atoms with E-state index in [1.807, 2.05) is 0 Å². The maximum Gasteiger partial charge on any atom is 0.271 e. The van der Waals surface area contributed by atoms with Gasteiger partial charge in [-0.25, -0.2) is 0 Å². The molecule has 2 aliphatic rings. The fraction of sp³-hybridized carbons (Fsp3) is 0.308. The van der Waals surface area contributed by atoms with Gasteiger partial charge < -0.3 is 0 Å². The number of non-ortho nitro benzene ring substituents is 1. The van der Waals surface area contributed by atoms with Gasteiger partial charge >= 0.3 is 0 Å². The first-order valence-corrected chi connectivity index (χ1v) is 5.97. The van der Waals surface area contributed by atoms with Gasteiger partial charge in [-0.1, -0.05) is 18.2 Å². The number of hydrogen-bond donors (Lipinski definition) is 1. The summed E-state index contributed by atoms with van der Waals surface area (Å²) in [5.74, 6) is 1.21. The molecule has 92 valence electrons. The molecule has 1 fully saturated rings. The molecular weight excluding hydrogens is 230 g/mol. The lowest BCUT2D eigenvalue weighted by Crippen LogP contribution is -2.33. The van der Waals surface area contributed by atoms with E-state index in [9.17, 15) is 10.1 Å². The Labute approximate surface area is 104 Å². The molecule has 1 saturated carbocycles. The van der Waals surface area contributed by atoms with Crippen molar-refractivity contribution in [3.63, 3.8) is 0 Å². The quantitative estimate of drug-likeness (QED) is 0.504. The van der Waals surface area contributed by atoms with Crippen molar-refractivity contribution in [2.45, 2.75) is 12.8 Å². The fourth-order valence-electron chi connectivity index (χ4n) is 2.49. The maximum absolute atomic E-state index is 10.6. The third-order valence-corrected chi connectivity index (χ3v) is 3.55. The van der Waals surface area contributed by atoms with Gasteiger partial charge in [0.1, 0.15) is 0 Å². The molecule has 0 spiro atoms. The zero-order valence-electron chi connectivity index (χ0n) is 9.74. The topological polar surface area (TPSA) is 67.5 Å². The Morgan fingerprint density at radius 3 is 3.11 bits per heavy atom. The van der Waals surface area contributed by atoms with Gasteiger partial charge in [-0.3, -0.25) is 15.5 Å². The molecular formula is C13H13N3O2. The number of nitrogens with one attached hydrogen (secondary N) is 1. The Bertz CT molecular complexity index is 551. The molecule has 0 amide bonds. The number of nitro groups is 1. The summed E-state index contributed by atoms with van der Waals surface area (Å²) in [5.41, 5.74) is 4.81. The minimum absolute atomic E-state index is 0.0780. The van der Waals surface area contributed by atoms with Gasteiger partial charge in [-0.05, 0) is 24.8 Å². The number of fused-ring (bicyclic) bond motifs is 1. The van der Waals surface area contributed by atoms with Crippen molar-refractivity contribution < 1.29 is 4.92 Å². The number of nitrogens with zero attached hydrogens (tertiary/aromatic N) is 2. The van der Waals surface area contributed by atoms with Crippen LogP contribution in [-0.2, 0) is 0 Å². The average Bonchev–Trinajstić information content (AvgIpc) is 2.72. The minimum atomic E-state index is -0.404. The number of rotatable bonds is 3. The van der Waals surface area contributed by atoms with Gasteiger partial charge in [-0.2, -0.15) is 5.10 Å². The van der Waals surface area contributed by atoms with Gasteiger partial charge in [-0.15, -0.1) is 0 Å². The normalized spacial score (nSPS) is 26.8. The number of anilines is 1.